The predicted molar refractivity (Wildman–Crippen MR) is 69.5 cm³/mol. The molecule has 1 aromatic carbocycles. The molecule has 2 nitrogen and oxygen atoms in total. The molecule has 0 saturated carbocycles. The Labute approximate surface area is 99.0 Å². The van der Waals surface area contributed by atoms with Crippen molar-refractivity contribution in [2.24, 2.45) is 0 Å². The van der Waals surface area contributed by atoms with Crippen molar-refractivity contribution in [3.05, 3.63) is 28.8 Å². The van der Waals surface area contributed by atoms with E-state index in [2.05, 4.69) is 38.2 Å². The van der Waals surface area contributed by atoms with E-state index in [1.54, 1.807) is 7.11 Å². The molecule has 0 bridgehead atoms. The number of ether oxygens (including phenoxy) is 1. The molecule has 0 fully saturated rings. The highest BCUT2D eigenvalue weighted by atomic mass is 16.5. The highest BCUT2D eigenvalue weighted by molar-refractivity contribution is 5.47. The molecule has 0 unspecified atom stereocenters. The van der Waals surface area contributed by atoms with Crippen LogP contribution in [0, 0.1) is 6.92 Å². The summed E-state index contributed by atoms with van der Waals surface area (Å²) in [5.74, 6) is 1.58. The third-order valence-corrected chi connectivity index (χ3v) is 2.98. The van der Waals surface area contributed by atoms with Crippen molar-refractivity contribution in [2.75, 3.05) is 20.7 Å². The van der Waals surface area contributed by atoms with Crippen LogP contribution in [0.3, 0.4) is 0 Å². The number of nitrogens with one attached hydrogen (secondary N) is 1. The van der Waals surface area contributed by atoms with Gasteiger partial charge in [0.25, 0.3) is 0 Å². The van der Waals surface area contributed by atoms with Gasteiger partial charge in [-0.3, -0.25) is 0 Å². The topological polar surface area (TPSA) is 21.3 Å². The first-order valence-electron chi connectivity index (χ1n) is 5.92. The van der Waals surface area contributed by atoms with E-state index in [1.165, 1.54) is 16.7 Å². The molecule has 0 aliphatic rings. The van der Waals surface area contributed by atoms with Crippen LogP contribution in [-0.2, 0) is 6.42 Å². The molecule has 0 aliphatic carbocycles. The Morgan fingerprint density at radius 2 is 2.00 bits per heavy atom. The SMILES string of the molecule is CNCCc1c(C)ccc(C(C)C)c1OC. The fraction of sp³-hybridized carbons (Fsp3) is 0.571. The van der Waals surface area contributed by atoms with Crippen LogP contribution in [0.15, 0.2) is 12.1 Å². The summed E-state index contributed by atoms with van der Waals surface area (Å²) in [6.07, 6.45) is 1.02. The first-order valence-corrected chi connectivity index (χ1v) is 5.92. The summed E-state index contributed by atoms with van der Waals surface area (Å²) in [5, 5.41) is 3.19. The fourth-order valence-corrected chi connectivity index (χ4v) is 2.00. The van der Waals surface area contributed by atoms with Crippen LogP contribution in [0.5, 0.6) is 5.75 Å². The Morgan fingerprint density at radius 3 is 2.50 bits per heavy atom. The molecule has 16 heavy (non-hydrogen) atoms. The molecule has 0 saturated heterocycles. The highest BCUT2D eigenvalue weighted by Crippen LogP contribution is 2.32. The summed E-state index contributed by atoms with van der Waals surface area (Å²) < 4.78 is 5.59. The second kappa shape index (κ2) is 5.90. The van der Waals surface area contributed by atoms with Crippen molar-refractivity contribution in [3.63, 3.8) is 0 Å². The number of likely N-dealkylation sites (N-methyl/N-ethyl adjacent to an activating group) is 1. The van der Waals surface area contributed by atoms with Crippen LogP contribution in [0.2, 0.25) is 0 Å². The largest absolute Gasteiger partial charge is 0.496 e. The van der Waals surface area contributed by atoms with Crippen LogP contribution in [0.4, 0.5) is 0 Å². The van der Waals surface area contributed by atoms with Gasteiger partial charge in [0.1, 0.15) is 5.75 Å². The van der Waals surface area contributed by atoms with Crippen molar-refractivity contribution in [1.82, 2.24) is 5.32 Å². The zero-order chi connectivity index (χ0) is 12.1. The minimum absolute atomic E-state index is 0.504. The van der Waals surface area contributed by atoms with Gasteiger partial charge in [0.05, 0.1) is 7.11 Å². The Hall–Kier alpha value is -1.02. The standard InChI is InChI=1S/C14H23NO/c1-10(2)12-7-6-11(3)13(8-9-15-4)14(12)16-5/h6-7,10,15H,8-9H2,1-5H3. The van der Waals surface area contributed by atoms with Crippen LogP contribution < -0.4 is 10.1 Å². The first-order chi connectivity index (χ1) is 7.61. The molecule has 1 N–H and O–H groups in total. The van der Waals surface area contributed by atoms with Gasteiger partial charge in [-0.15, -0.1) is 0 Å². The molecule has 0 amide bonds. The minimum atomic E-state index is 0.504. The quantitative estimate of drug-likeness (QED) is 0.825. The van der Waals surface area contributed by atoms with E-state index < -0.39 is 0 Å². The second-order valence-corrected chi connectivity index (χ2v) is 4.49. The molecule has 0 aromatic heterocycles. The van der Waals surface area contributed by atoms with Gasteiger partial charge < -0.3 is 10.1 Å². The van der Waals surface area contributed by atoms with E-state index in [0.29, 0.717) is 5.92 Å². The van der Waals surface area contributed by atoms with Crippen LogP contribution in [-0.4, -0.2) is 20.7 Å². The van der Waals surface area contributed by atoms with Crippen molar-refractivity contribution in [1.29, 1.82) is 0 Å². The zero-order valence-electron chi connectivity index (χ0n) is 11.1. The summed E-state index contributed by atoms with van der Waals surface area (Å²) in [6.45, 7) is 7.54. The molecule has 0 radical (unpaired) electrons. The minimum Gasteiger partial charge on any atom is -0.496 e. The molecular weight excluding hydrogens is 198 g/mol. The maximum Gasteiger partial charge on any atom is 0.125 e. The Bertz CT molecular complexity index is 345. The molecule has 1 rings (SSSR count). The average molecular weight is 221 g/mol. The Kier molecular flexibility index (Phi) is 4.81. The van der Waals surface area contributed by atoms with Gasteiger partial charge in [0, 0.05) is 0 Å². The van der Waals surface area contributed by atoms with E-state index in [9.17, 15) is 0 Å². The molecular formula is C14H23NO. The molecule has 2 heteroatoms. The maximum absolute atomic E-state index is 5.59. The number of aryl methyl sites for hydroxylation is 1. The zero-order valence-corrected chi connectivity index (χ0v) is 11.1. The molecule has 0 aliphatic heterocycles. The Balaban J connectivity index is 3.16. The van der Waals surface area contributed by atoms with Gasteiger partial charge in [-0.2, -0.15) is 0 Å². The van der Waals surface area contributed by atoms with Crippen molar-refractivity contribution < 1.29 is 4.74 Å². The third-order valence-electron chi connectivity index (χ3n) is 2.98. The van der Waals surface area contributed by atoms with E-state index in [1.807, 2.05) is 7.05 Å². The monoisotopic (exact) mass is 221 g/mol. The van der Waals surface area contributed by atoms with Gasteiger partial charge >= 0.3 is 0 Å². The van der Waals surface area contributed by atoms with Gasteiger partial charge in [-0.05, 0) is 49.5 Å². The summed E-state index contributed by atoms with van der Waals surface area (Å²) in [4.78, 5) is 0. The van der Waals surface area contributed by atoms with Crippen molar-refractivity contribution in [3.8, 4) is 5.75 Å². The molecule has 1 aromatic rings. The number of hydrogen-bond donors (Lipinski definition) is 1. The van der Waals surface area contributed by atoms with E-state index in [0.717, 1.165) is 18.7 Å². The third kappa shape index (κ3) is 2.76. The second-order valence-electron chi connectivity index (χ2n) is 4.49. The molecule has 90 valence electrons. The van der Waals surface area contributed by atoms with E-state index in [-0.39, 0.29) is 0 Å². The van der Waals surface area contributed by atoms with Crippen LogP contribution >= 0.6 is 0 Å². The highest BCUT2D eigenvalue weighted by Gasteiger charge is 2.13. The smallest absolute Gasteiger partial charge is 0.125 e. The Morgan fingerprint density at radius 1 is 1.31 bits per heavy atom. The molecule has 0 heterocycles. The van der Waals surface area contributed by atoms with Gasteiger partial charge in [0.15, 0.2) is 0 Å². The number of benzene rings is 1. The molecule has 0 atom stereocenters. The van der Waals surface area contributed by atoms with Gasteiger partial charge in [-0.25, -0.2) is 0 Å². The fourth-order valence-electron chi connectivity index (χ4n) is 2.00. The van der Waals surface area contributed by atoms with E-state index >= 15 is 0 Å². The van der Waals surface area contributed by atoms with Gasteiger partial charge in [0.2, 0.25) is 0 Å². The lowest BCUT2D eigenvalue weighted by Crippen LogP contribution is -2.12. The van der Waals surface area contributed by atoms with Crippen molar-refractivity contribution in [2.45, 2.75) is 33.1 Å². The molecule has 0 spiro atoms. The van der Waals surface area contributed by atoms with Crippen molar-refractivity contribution >= 4 is 0 Å². The van der Waals surface area contributed by atoms with E-state index in [4.69, 9.17) is 4.74 Å². The first kappa shape index (κ1) is 13.0. The van der Waals surface area contributed by atoms with Crippen LogP contribution in [0.1, 0.15) is 36.5 Å². The predicted octanol–water partition coefficient (Wildman–Crippen LogP) is 2.89. The lowest BCUT2D eigenvalue weighted by atomic mass is 9.94. The maximum atomic E-state index is 5.59. The summed E-state index contributed by atoms with van der Waals surface area (Å²) in [7, 11) is 3.75. The average Bonchev–Trinajstić information content (AvgIpc) is 2.26. The van der Waals surface area contributed by atoms with Crippen LogP contribution in [0.25, 0.3) is 0 Å². The van der Waals surface area contributed by atoms with Gasteiger partial charge in [-0.1, -0.05) is 26.0 Å². The summed E-state index contributed by atoms with van der Waals surface area (Å²) in [6, 6.07) is 4.38. The summed E-state index contributed by atoms with van der Waals surface area (Å²) in [5.41, 5.74) is 3.96. The number of rotatable bonds is 5. The lowest BCUT2D eigenvalue weighted by molar-refractivity contribution is 0.401. The number of hydrogen-bond acceptors (Lipinski definition) is 2. The lowest BCUT2D eigenvalue weighted by Gasteiger charge is -2.18. The normalized spacial score (nSPS) is 10.9. The number of methoxy groups -OCH3 is 1. The summed E-state index contributed by atoms with van der Waals surface area (Å²) >= 11 is 0.